The summed E-state index contributed by atoms with van der Waals surface area (Å²) in [6.07, 6.45) is 1.40. The summed E-state index contributed by atoms with van der Waals surface area (Å²) in [6.45, 7) is 17.4. The molecule has 0 radical (unpaired) electrons. The molecule has 0 aliphatic rings. The molecule has 1 aromatic rings. The first kappa shape index (κ1) is 26.7. The van der Waals surface area contributed by atoms with Crippen molar-refractivity contribution >= 4 is 11.1 Å². The van der Waals surface area contributed by atoms with E-state index in [1.54, 1.807) is 13.8 Å². The fourth-order valence-corrected chi connectivity index (χ4v) is 0.485. The maximum atomic E-state index is 10.2. The van der Waals surface area contributed by atoms with Crippen LogP contribution in [-0.2, 0) is 37.5 Å². The van der Waals surface area contributed by atoms with Gasteiger partial charge >= 0.3 is 39.7 Å². The first-order chi connectivity index (χ1) is 8.40. The van der Waals surface area contributed by atoms with Gasteiger partial charge in [0.25, 0.3) is 0 Å². The Morgan fingerprint density at radius 2 is 1.58 bits per heavy atom. The van der Waals surface area contributed by atoms with Gasteiger partial charge in [-0.2, -0.15) is 0 Å². The summed E-state index contributed by atoms with van der Waals surface area (Å²) in [5.74, 6) is 0. The van der Waals surface area contributed by atoms with E-state index in [4.69, 9.17) is 9.30 Å². The Hall–Kier alpha value is -0.801. The van der Waals surface area contributed by atoms with Crippen molar-refractivity contribution in [3.05, 3.63) is 55.8 Å². The standard InChI is InChI=1S/C6H3.C5H10O2S.2CO.Fe/c1-6-4-2-3-5-6;1-4-5(2,3)8(6)7;2*1-2;/h1H3;4H,1H2,2-3H3,(H,6,7);;;/q-5;;;;+6/p-1. The molecule has 0 fully saturated rings. The molecule has 1 rings (SSSR count). The third-order valence-electron chi connectivity index (χ3n) is 1.48. The van der Waals surface area contributed by atoms with Crippen molar-refractivity contribution in [3.63, 3.8) is 0 Å². The van der Waals surface area contributed by atoms with Gasteiger partial charge < -0.3 is 34.4 Å². The molecule has 4 nitrogen and oxygen atoms in total. The Morgan fingerprint density at radius 1 is 1.26 bits per heavy atom. The van der Waals surface area contributed by atoms with E-state index >= 15 is 0 Å². The predicted molar refractivity (Wildman–Crippen MR) is 63.2 cm³/mol. The average Bonchev–Trinajstić information content (AvgIpc) is 2.86. The maximum absolute atomic E-state index is 10.2. The van der Waals surface area contributed by atoms with Crippen LogP contribution in [0, 0.1) is 44.5 Å². The average molecular weight is 320 g/mol. The SMILES string of the molecule is C=CC(C)(C)S(=O)[O-].C[c-]1[c-][c-][c-][c-]1.[C-]#[O+].[C-]#[O+].[Fe+6]. The van der Waals surface area contributed by atoms with Crippen LogP contribution in [-0.4, -0.2) is 13.5 Å². The fraction of sp³-hybridized carbons (Fsp3) is 0.308. The summed E-state index contributed by atoms with van der Waals surface area (Å²) >= 11 is -2.04. The normalized spacial score (nSPS) is 9.47. The quantitative estimate of drug-likeness (QED) is 0.273. The molecular formula is C13H12FeO4S. The topological polar surface area (TPSA) is 79.9 Å². The molecule has 19 heavy (non-hydrogen) atoms. The van der Waals surface area contributed by atoms with Crippen LogP contribution >= 0.6 is 0 Å². The predicted octanol–water partition coefficient (Wildman–Crippen LogP) is 1.67. The second-order valence-corrected chi connectivity index (χ2v) is 4.69. The first-order valence-electron chi connectivity index (χ1n) is 4.39. The van der Waals surface area contributed by atoms with Crippen LogP contribution in [0.15, 0.2) is 12.7 Å². The van der Waals surface area contributed by atoms with E-state index in [2.05, 4.69) is 44.1 Å². The molecule has 1 atom stereocenters. The zero-order valence-corrected chi connectivity index (χ0v) is 12.6. The molecule has 0 saturated carbocycles. The van der Waals surface area contributed by atoms with Crippen molar-refractivity contribution in [2.75, 3.05) is 0 Å². The molecule has 102 valence electrons. The third-order valence-corrected chi connectivity index (χ3v) is 2.51. The number of rotatable bonds is 2. The van der Waals surface area contributed by atoms with Gasteiger partial charge in [0, 0.05) is 4.75 Å². The molecule has 1 aromatic carbocycles. The Kier molecular flexibility index (Phi) is 24.2. The van der Waals surface area contributed by atoms with Gasteiger partial charge in [-0.15, -0.1) is 6.58 Å². The van der Waals surface area contributed by atoms with Crippen LogP contribution in [0.5, 0.6) is 0 Å². The molecule has 6 heteroatoms. The van der Waals surface area contributed by atoms with E-state index < -0.39 is 15.8 Å². The Labute approximate surface area is 127 Å². The third kappa shape index (κ3) is 17.2. The van der Waals surface area contributed by atoms with E-state index in [0.29, 0.717) is 0 Å². The summed E-state index contributed by atoms with van der Waals surface area (Å²) < 4.78 is 34.6. The van der Waals surface area contributed by atoms with Gasteiger partial charge in [-0.25, -0.2) is 6.92 Å². The van der Waals surface area contributed by atoms with E-state index in [0.717, 1.165) is 5.56 Å². The van der Waals surface area contributed by atoms with Crippen LogP contribution in [0.4, 0.5) is 0 Å². The summed E-state index contributed by atoms with van der Waals surface area (Å²) in [6, 6.07) is 10.8. The van der Waals surface area contributed by atoms with Gasteiger partial charge in [0.2, 0.25) is 0 Å². The van der Waals surface area contributed by atoms with E-state index in [1.165, 1.54) is 6.08 Å². The van der Waals surface area contributed by atoms with Crippen molar-refractivity contribution in [1.29, 1.82) is 0 Å². The van der Waals surface area contributed by atoms with E-state index in [9.17, 15) is 8.76 Å². The van der Waals surface area contributed by atoms with Crippen LogP contribution < -0.4 is 0 Å². The molecule has 0 bridgehead atoms. The summed E-state index contributed by atoms with van der Waals surface area (Å²) in [5, 5.41) is 0. The van der Waals surface area contributed by atoms with Gasteiger partial charge in [-0.3, -0.25) is 4.21 Å². The zero-order chi connectivity index (χ0) is 15.2. The van der Waals surface area contributed by atoms with Gasteiger partial charge in [-0.1, -0.05) is 6.08 Å². The molecule has 0 amide bonds. The van der Waals surface area contributed by atoms with Crippen molar-refractivity contribution in [2.24, 2.45) is 0 Å². The molecule has 0 aliphatic carbocycles. The minimum atomic E-state index is -2.04. The van der Waals surface area contributed by atoms with Crippen molar-refractivity contribution < 1.29 is 35.1 Å². The fourth-order valence-electron chi connectivity index (χ4n) is 0.349. The summed E-state index contributed by atoms with van der Waals surface area (Å²) in [5.41, 5.74) is 0.981. The zero-order valence-electron chi connectivity index (χ0n) is 10.7. The van der Waals surface area contributed by atoms with E-state index in [1.807, 2.05) is 6.92 Å². The van der Waals surface area contributed by atoms with Gasteiger partial charge in [0.15, 0.2) is 0 Å². The van der Waals surface area contributed by atoms with Crippen LogP contribution in [0.1, 0.15) is 19.4 Å². The molecule has 1 unspecified atom stereocenters. The second-order valence-electron chi connectivity index (χ2n) is 3.17. The molecular weight excluding hydrogens is 308 g/mol. The second kappa shape index (κ2) is 17.2. The van der Waals surface area contributed by atoms with Gasteiger partial charge in [0.05, 0.1) is 0 Å². The van der Waals surface area contributed by atoms with Gasteiger partial charge in [-0.05, 0) is 24.9 Å². The molecule has 0 saturated heterocycles. The minimum Gasteiger partial charge on any atom is 6.00 e. The molecule has 0 aliphatic heterocycles. The van der Waals surface area contributed by atoms with E-state index in [-0.39, 0.29) is 17.1 Å². The smallest absolute Gasteiger partial charge is 6.00 e. The van der Waals surface area contributed by atoms with Crippen LogP contribution in [0.25, 0.3) is 0 Å². The molecule has 0 spiro atoms. The largest absolute Gasteiger partial charge is 6.00 e. The number of hydrogen-bond donors (Lipinski definition) is 0. The minimum absolute atomic E-state index is 0. The van der Waals surface area contributed by atoms with Crippen LogP contribution in [0.3, 0.4) is 0 Å². The molecule has 0 N–H and O–H groups in total. The molecule has 0 aromatic heterocycles. The summed E-state index contributed by atoms with van der Waals surface area (Å²) in [4.78, 5) is 0. The molecule has 0 heterocycles. The Balaban J connectivity index is -0.0000000912. The Bertz CT molecular complexity index is 360. The monoisotopic (exact) mass is 320 g/mol. The van der Waals surface area contributed by atoms with Crippen molar-refractivity contribution in [2.45, 2.75) is 25.5 Å². The number of hydrogen-bond acceptors (Lipinski definition) is 2. The summed E-state index contributed by atoms with van der Waals surface area (Å²) in [7, 11) is 0. The van der Waals surface area contributed by atoms with Crippen molar-refractivity contribution in [1.82, 2.24) is 0 Å². The Morgan fingerprint density at radius 3 is 1.63 bits per heavy atom. The maximum Gasteiger partial charge on any atom is 6.00 e. The number of aryl methyl sites for hydroxylation is 1. The van der Waals surface area contributed by atoms with Crippen LogP contribution in [0.2, 0.25) is 0 Å². The van der Waals surface area contributed by atoms with Gasteiger partial charge in [0.1, 0.15) is 0 Å². The first-order valence-corrected chi connectivity index (χ1v) is 5.47. The van der Waals surface area contributed by atoms with Crippen molar-refractivity contribution in [3.8, 4) is 0 Å².